The van der Waals surface area contributed by atoms with Crippen LogP contribution in [0.25, 0.3) is 11.3 Å². The highest BCUT2D eigenvalue weighted by molar-refractivity contribution is 9.10. The lowest BCUT2D eigenvalue weighted by Gasteiger charge is -2.01. The van der Waals surface area contributed by atoms with E-state index in [1.165, 1.54) is 12.1 Å². The number of benzene rings is 2. The minimum absolute atomic E-state index is 0.244. The summed E-state index contributed by atoms with van der Waals surface area (Å²) in [5.41, 5.74) is 2.88. The van der Waals surface area contributed by atoms with Crippen molar-refractivity contribution < 1.29 is 4.39 Å². The Morgan fingerprint density at radius 2 is 1.71 bits per heavy atom. The predicted octanol–water partition coefficient (Wildman–Crippen LogP) is 5.76. The number of rotatable bonds is 3. The van der Waals surface area contributed by atoms with Crippen LogP contribution in [-0.2, 0) is 0 Å². The van der Waals surface area contributed by atoms with E-state index < -0.39 is 0 Å². The number of anilines is 2. The topological polar surface area (TPSA) is 24.9 Å². The molecule has 0 unspecified atom stereocenters. The first-order valence-corrected chi connectivity index (χ1v) is 7.99. The smallest absolute Gasteiger partial charge is 0.187 e. The highest BCUT2D eigenvalue weighted by Gasteiger charge is 2.10. The van der Waals surface area contributed by atoms with Gasteiger partial charge in [-0.25, -0.2) is 9.37 Å². The van der Waals surface area contributed by atoms with E-state index >= 15 is 0 Å². The fourth-order valence-electron chi connectivity index (χ4n) is 1.98. The first-order valence-electron chi connectivity index (χ1n) is 6.38. The molecule has 0 radical (unpaired) electrons. The van der Waals surface area contributed by atoms with Crippen LogP contribution in [0.15, 0.2) is 53.0 Å². The summed E-state index contributed by atoms with van der Waals surface area (Å²) in [6.45, 7) is 2.05. The lowest BCUT2D eigenvalue weighted by molar-refractivity contribution is 0.628. The maximum Gasteiger partial charge on any atom is 0.187 e. The number of aryl methyl sites for hydroxylation is 1. The maximum atomic E-state index is 12.9. The third kappa shape index (κ3) is 3.31. The van der Waals surface area contributed by atoms with Gasteiger partial charge in [-0.3, -0.25) is 0 Å². The van der Waals surface area contributed by atoms with Gasteiger partial charge in [-0.2, -0.15) is 0 Å². The Labute approximate surface area is 134 Å². The van der Waals surface area contributed by atoms with E-state index in [0.29, 0.717) is 0 Å². The molecule has 2 nitrogen and oxygen atoms in total. The Hall–Kier alpha value is -1.72. The van der Waals surface area contributed by atoms with Gasteiger partial charge >= 0.3 is 0 Å². The van der Waals surface area contributed by atoms with E-state index in [-0.39, 0.29) is 5.82 Å². The summed E-state index contributed by atoms with van der Waals surface area (Å²) in [5.74, 6) is -0.244. The number of halogens is 2. The Morgan fingerprint density at radius 1 is 1.05 bits per heavy atom. The quantitative estimate of drug-likeness (QED) is 0.640. The van der Waals surface area contributed by atoms with Crippen LogP contribution in [0, 0.1) is 12.7 Å². The van der Waals surface area contributed by atoms with E-state index in [9.17, 15) is 4.39 Å². The average molecular weight is 363 g/mol. The number of hydrogen-bond acceptors (Lipinski definition) is 3. The molecule has 2 aromatic carbocycles. The third-order valence-electron chi connectivity index (χ3n) is 3.01. The Balaban J connectivity index is 1.87. The molecule has 0 saturated carbocycles. The summed E-state index contributed by atoms with van der Waals surface area (Å²) < 4.78 is 13.9. The van der Waals surface area contributed by atoms with Crippen LogP contribution in [0.3, 0.4) is 0 Å². The number of hydrogen-bond donors (Lipinski definition) is 1. The van der Waals surface area contributed by atoms with Gasteiger partial charge in [0.2, 0.25) is 0 Å². The molecule has 0 bridgehead atoms. The lowest BCUT2D eigenvalue weighted by Crippen LogP contribution is -1.89. The van der Waals surface area contributed by atoms with Gasteiger partial charge in [0.1, 0.15) is 5.82 Å². The number of aromatic nitrogens is 1. The van der Waals surface area contributed by atoms with E-state index in [0.717, 1.165) is 31.4 Å². The minimum Gasteiger partial charge on any atom is -0.332 e. The Bertz CT molecular complexity index is 751. The van der Waals surface area contributed by atoms with Crippen molar-refractivity contribution in [2.24, 2.45) is 0 Å². The van der Waals surface area contributed by atoms with Crippen molar-refractivity contribution >= 4 is 38.1 Å². The molecule has 0 aliphatic heterocycles. The highest BCUT2D eigenvalue weighted by Crippen LogP contribution is 2.32. The molecule has 0 atom stereocenters. The van der Waals surface area contributed by atoms with Crippen LogP contribution < -0.4 is 5.32 Å². The van der Waals surface area contributed by atoms with Crippen LogP contribution >= 0.6 is 27.3 Å². The summed E-state index contributed by atoms with van der Waals surface area (Å²) in [6.07, 6.45) is 0. The second-order valence-corrected chi connectivity index (χ2v) is 6.68. The average Bonchev–Trinajstić information content (AvgIpc) is 2.83. The van der Waals surface area contributed by atoms with Gasteiger partial charge in [-0.05, 0) is 43.3 Å². The Kier molecular flexibility index (Phi) is 4.03. The molecular formula is C16H12BrFN2S. The first kappa shape index (κ1) is 14.2. The molecule has 3 aromatic rings. The van der Waals surface area contributed by atoms with Crippen LogP contribution in [0.4, 0.5) is 15.2 Å². The zero-order valence-electron chi connectivity index (χ0n) is 11.2. The molecule has 106 valence electrons. The predicted molar refractivity (Wildman–Crippen MR) is 89.7 cm³/mol. The van der Waals surface area contributed by atoms with Crippen LogP contribution in [-0.4, -0.2) is 4.98 Å². The van der Waals surface area contributed by atoms with Gasteiger partial charge in [0.15, 0.2) is 5.13 Å². The molecule has 1 N–H and O–H groups in total. The highest BCUT2D eigenvalue weighted by atomic mass is 79.9. The van der Waals surface area contributed by atoms with Crippen LogP contribution in [0.1, 0.15) is 4.88 Å². The molecule has 1 heterocycles. The lowest BCUT2D eigenvalue weighted by atomic mass is 10.1. The SMILES string of the molecule is Cc1sc(Nc2ccc(F)cc2)nc1-c1ccc(Br)cc1. The van der Waals surface area contributed by atoms with Crippen molar-refractivity contribution in [3.63, 3.8) is 0 Å². The molecule has 5 heteroatoms. The molecule has 0 amide bonds. The number of nitrogens with zero attached hydrogens (tertiary/aromatic N) is 1. The van der Waals surface area contributed by atoms with E-state index in [4.69, 9.17) is 0 Å². The van der Waals surface area contributed by atoms with Gasteiger partial charge in [0.05, 0.1) is 5.69 Å². The second kappa shape index (κ2) is 5.95. The van der Waals surface area contributed by atoms with Gasteiger partial charge in [0, 0.05) is 20.6 Å². The second-order valence-electron chi connectivity index (χ2n) is 4.56. The number of nitrogens with one attached hydrogen (secondary N) is 1. The summed E-state index contributed by atoms with van der Waals surface area (Å²) in [4.78, 5) is 5.77. The third-order valence-corrected chi connectivity index (χ3v) is 4.42. The molecule has 21 heavy (non-hydrogen) atoms. The summed E-state index contributed by atoms with van der Waals surface area (Å²) in [6, 6.07) is 14.3. The Morgan fingerprint density at radius 3 is 2.38 bits per heavy atom. The zero-order valence-corrected chi connectivity index (χ0v) is 13.6. The van der Waals surface area contributed by atoms with Crippen molar-refractivity contribution in [2.75, 3.05) is 5.32 Å². The van der Waals surface area contributed by atoms with Crippen molar-refractivity contribution in [3.8, 4) is 11.3 Å². The summed E-state index contributed by atoms with van der Waals surface area (Å²) >= 11 is 5.02. The molecular weight excluding hydrogens is 351 g/mol. The maximum absolute atomic E-state index is 12.9. The zero-order chi connectivity index (χ0) is 14.8. The van der Waals surface area contributed by atoms with Gasteiger partial charge in [-0.15, -0.1) is 11.3 Å². The first-order chi connectivity index (χ1) is 10.1. The number of thiazole rings is 1. The fraction of sp³-hybridized carbons (Fsp3) is 0.0625. The van der Waals surface area contributed by atoms with Gasteiger partial charge in [0.25, 0.3) is 0 Å². The largest absolute Gasteiger partial charge is 0.332 e. The summed E-state index contributed by atoms with van der Waals surface area (Å²) in [5, 5.41) is 4.01. The van der Waals surface area contributed by atoms with Crippen LogP contribution in [0.2, 0.25) is 0 Å². The van der Waals surface area contributed by atoms with Crippen LogP contribution in [0.5, 0.6) is 0 Å². The molecule has 0 aliphatic carbocycles. The van der Waals surface area contributed by atoms with Crippen molar-refractivity contribution in [3.05, 3.63) is 63.7 Å². The van der Waals surface area contributed by atoms with Crippen molar-refractivity contribution in [1.29, 1.82) is 0 Å². The minimum atomic E-state index is -0.244. The summed E-state index contributed by atoms with van der Waals surface area (Å²) in [7, 11) is 0. The molecule has 0 spiro atoms. The van der Waals surface area contributed by atoms with E-state index in [1.54, 1.807) is 23.5 Å². The molecule has 1 aromatic heterocycles. The monoisotopic (exact) mass is 362 g/mol. The van der Waals surface area contributed by atoms with Crippen molar-refractivity contribution in [1.82, 2.24) is 4.98 Å². The molecule has 3 rings (SSSR count). The fourth-order valence-corrected chi connectivity index (χ4v) is 3.10. The molecule has 0 fully saturated rings. The normalized spacial score (nSPS) is 10.6. The van der Waals surface area contributed by atoms with Crippen molar-refractivity contribution in [2.45, 2.75) is 6.92 Å². The molecule has 0 saturated heterocycles. The van der Waals surface area contributed by atoms with E-state index in [2.05, 4.69) is 26.2 Å². The van der Waals surface area contributed by atoms with Gasteiger partial charge in [-0.1, -0.05) is 28.1 Å². The molecule has 0 aliphatic rings. The standard InChI is InChI=1S/C16H12BrFN2S/c1-10-15(11-2-4-12(17)5-3-11)20-16(21-10)19-14-8-6-13(18)7-9-14/h2-9H,1H3,(H,19,20). The van der Waals surface area contributed by atoms with Gasteiger partial charge < -0.3 is 5.32 Å². The van der Waals surface area contributed by atoms with E-state index in [1.807, 2.05) is 31.2 Å².